The molecule has 1 amide bonds. The summed E-state index contributed by atoms with van der Waals surface area (Å²) in [6.45, 7) is 2.95. The van der Waals surface area contributed by atoms with E-state index in [2.05, 4.69) is 4.98 Å². The first-order chi connectivity index (χ1) is 14.7. The first-order valence-corrected chi connectivity index (χ1v) is 9.83. The number of aromatic nitrogens is 1. The van der Waals surface area contributed by atoms with Crippen molar-refractivity contribution in [3.05, 3.63) is 83.7 Å². The molecular weight excluding hydrogens is 380 g/mol. The molecule has 1 fully saturated rings. The van der Waals surface area contributed by atoms with Crippen molar-refractivity contribution < 1.29 is 19.0 Å². The lowest BCUT2D eigenvalue weighted by Gasteiger charge is -2.36. The summed E-state index contributed by atoms with van der Waals surface area (Å²) in [6, 6.07) is 17.2. The molecule has 3 aromatic rings. The Morgan fingerprint density at radius 1 is 1.10 bits per heavy atom. The zero-order valence-corrected chi connectivity index (χ0v) is 17.1. The van der Waals surface area contributed by atoms with E-state index in [0.29, 0.717) is 30.4 Å². The number of ether oxygens (including phenoxy) is 3. The van der Waals surface area contributed by atoms with Crippen LogP contribution >= 0.6 is 0 Å². The van der Waals surface area contributed by atoms with Crippen molar-refractivity contribution in [1.82, 2.24) is 9.88 Å². The second-order valence-corrected chi connectivity index (χ2v) is 7.21. The van der Waals surface area contributed by atoms with E-state index < -0.39 is 0 Å². The second kappa shape index (κ2) is 8.97. The average Bonchev–Trinajstić information content (AvgIpc) is 2.77. The molecule has 1 atom stereocenters. The molecule has 0 aliphatic carbocycles. The highest BCUT2D eigenvalue weighted by Crippen LogP contribution is 2.38. The molecule has 6 heteroatoms. The number of morpholine rings is 1. The van der Waals surface area contributed by atoms with Crippen molar-refractivity contribution in [3.8, 4) is 17.2 Å². The number of methoxy groups -OCH3 is 1. The van der Waals surface area contributed by atoms with E-state index in [9.17, 15) is 4.79 Å². The van der Waals surface area contributed by atoms with Crippen LogP contribution in [0.4, 0.5) is 0 Å². The van der Waals surface area contributed by atoms with Crippen molar-refractivity contribution in [3.63, 3.8) is 0 Å². The van der Waals surface area contributed by atoms with E-state index >= 15 is 0 Å². The Bertz CT molecular complexity index is 1020. The number of aryl methyl sites for hydroxylation is 1. The maximum absolute atomic E-state index is 12.7. The molecule has 1 aliphatic rings. The molecule has 154 valence electrons. The summed E-state index contributed by atoms with van der Waals surface area (Å²) in [6.07, 6.45) is 3.41. The molecule has 0 bridgehead atoms. The molecule has 4 rings (SSSR count). The fourth-order valence-corrected chi connectivity index (χ4v) is 3.56. The molecule has 1 aromatic heterocycles. The zero-order valence-electron chi connectivity index (χ0n) is 17.1. The predicted octanol–water partition coefficient (Wildman–Crippen LogP) is 4.29. The van der Waals surface area contributed by atoms with Crippen LogP contribution in [-0.4, -0.2) is 36.1 Å². The highest BCUT2D eigenvalue weighted by atomic mass is 16.5. The standard InChI is InChI=1S/C24H24N2O4/c1-17-8-9-22(23(12-17)28-2)30-21-10-11-25-13-19(21)20-15-29-16-24(27)26(20)14-18-6-4-3-5-7-18/h3-13,20H,14-16H2,1-2H3. The van der Waals surface area contributed by atoms with Crippen LogP contribution < -0.4 is 9.47 Å². The van der Waals surface area contributed by atoms with Crippen LogP contribution in [0.25, 0.3) is 0 Å². The minimum absolute atomic E-state index is 0.0576. The van der Waals surface area contributed by atoms with Crippen LogP contribution in [-0.2, 0) is 16.1 Å². The maximum Gasteiger partial charge on any atom is 0.249 e. The van der Waals surface area contributed by atoms with Gasteiger partial charge in [-0.15, -0.1) is 0 Å². The summed E-state index contributed by atoms with van der Waals surface area (Å²) < 4.78 is 17.3. The van der Waals surface area contributed by atoms with Crippen LogP contribution in [0.3, 0.4) is 0 Å². The number of amides is 1. The van der Waals surface area contributed by atoms with Crippen molar-refractivity contribution in [2.75, 3.05) is 20.3 Å². The Kier molecular flexibility index (Phi) is 5.95. The van der Waals surface area contributed by atoms with Crippen LogP contribution in [0.1, 0.15) is 22.7 Å². The molecule has 0 radical (unpaired) electrons. The number of nitrogens with zero attached hydrogens (tertiary/aromatic N) is 2. The summed E-state index contributed by atoms with van der Waals surface area (Å²) in [5.74, 6) is 1.81. The Labute approximate surface area is 176 Å². The summed E-state index contributed by atoms with van der Waals surface area (Å²) in [5, 5.41) is 0. The van der Waals surface area contributed by atoms with Crippen LogP contribution in [0.15, 0.2) is 67.0 Å². The number of benzene rings is 2. The third-order valence-electron chi connectivity index (χ3n) is 5.10. The maximum atomic E-state index is 12.7. The van der Waals surface area contributed by atoms with E-state index in [1.165, 1.54) is 0 Å². The third-order valence-corrected chi connectivity index (χ3v) is 5.10. The highest BCUT2D eigenvalue weighted by Gasteiger charge is 2.32. The van der Waals surface area contributed by atoms with E-state index in [0.717, 1.165) is 16.7 Å². The third kappa shape index (κ3) is 4.28. The van der Waals surface area contributed by atoms with Gasteiger partial charge in [0.25, 0.3) is 0 Å². The molecule has 1 aliphatic heterocycles. The van der Waals surface area contributed by atoms with Gasteiger partial charge in [-0.05, 0) is 36.2 Å². The van der Waals surface area contributed by atoms with Crippen molar-refractivity contribution >= 4 is 5.91 Å². The molecule has 0 spiro atoms. The van der Waals surface area contributed by atoms with Crippen molar-refractivity contribution in [2.45, 2.75) is 19.5 Å². The average molecular weight is 404 g/mol. The number of carbonyl (C=O) groups is 1. The van der Waals surface area contributed by atoms with Crippen molar-refractivity contribution in [2.24, 2.45) is 0 Å². The quantitative estimate of drug-likeness (QED) is 0.613. The van der Waals surface area contributed by atoms with E-state index in [-0.39, 0.29) is 18.6 Å². The lowest BCUT2D eigenvalue weighted by Crippen LogP contribution is -2.43. The molecule has 1 unspecified atom stereocenters. The Morgan fingerprint density at radius 2 is 1.93 bits per heavy atom. The SMILES string of the molecule is COc1cc(C)ccc1Oc1ccncc1C1COCC(=O)N1Cc1ccccc1. The monoisotopic (exact) mass is 404 g/mol. The van der Waals surface area contributed by atoms with E-state index in [1.807, 2.05) is 60.4 Å². The fraction of sp³-hybridized carbons (Fsp3) is 0.250. The molecule has 0 N–H and O–H groups in total. The van der Waals surface area contributed by atoms with E-state index in [1.54, 1.807) is 25.6 Å². The summed E-state index contributed by atoms with van der Waals surface area (Å²) >= 11 is 0. The molecule has 1 saturated heterocycles. The van der Waals surface area contributed by atoms with Gasteiger partial charge in [0.15, 0.2) is 11.5 Å². The van der Waals surface area contributed by atoms with Gasteiger partial charge in [-0.2, -0.15) is 0 Å². The molecular formula is C24H24N2O4. The lowest BCUT2D eigenvalue weighted by molar-refractivity contribution is -0.149. The lowest BCUT2D eigenvalue weighted by atomic mass is 10.0. The van der Waals surface area contributed by atoms with Crippen LogP contribution in [0.2, 0.25) is 0 Å². The number of hydrogen-bond acceptors (Lipinski definition) is 5. The molecule has 2 aromatic carbocycles. The fourth-order valence-electron chi connectivity index (χ4n) is 3.56. The van der Waals surface area contributed by atoms with Gasteiger partial charge < -0.3 is 19.1 Å². The molecule has 30 heavy (non-hydrogen) atoms. The van der Waals surface area contributed by atoms with Gasteiger partial charge >= 0.3 is 0 Å². The topological polar surface area (TPSA) is 60.9 Å². The Hall–Kier alpha value is -3.38. The first kappa shape index (κ1) is 19.9. The van der Waals surface area contributed by atoms with Gasteiger partial charge in [0.1, 0.15) is 12.4 Å². The van der Waals surface area contributed by atoms with Crippen LogP contribution in [0.5, 0.6) is 17.2 Å². The number of carbonyl (C=O) groups excluding carboxylic acids is 1. The minimum Gasteiger partial charge on any atom is -0.493 e. The smallest absolute Gasteiger partial charge is 0.249 e. The van der Waals surface area contributed by atoms with E-state index in [4.69, 9.17) is 14.2 Å². The normalized spacial score (nSPS) is 16.4. The Morgan fingerprint density at radius 3 is 2.73 bits per heavy atom. The van der Waals surface area contributed by atoms with Gasteiger partial charge in [0, 0.05) is 24.5 Å². The van der Waals surface area contributed by atoms with Crippen molar-refractivity contribution in [1.29, 1.82) is 0 Å². The predicted molar refractivity (Wildman–Crippen MR) is 113 cm³/mol. The molecule has 6 nitrogen and oxygen atoms in total. The van der Waals surface area contributed by atoms with Gasteiger partial charge in [-0.25, -0.2) is 0 Å². The second-order valence-electron chi connectivity index (χ2n) is 7.21. The molecule has 2 heterocycles. The summed E-state index contributed by atoms with van der Waals surface area (Å²) in [5.41, 5.74) is 2.93. The van der Waals surface area contributed by atoms with Crippen LogP contribution in [0, 0.1) is 6.92 Å². The highest BCUT2D eigenvalue weighted by molar-refractivity contribution is 5.78. The number of rotatable bonds is 6. The molecule has 0 saturated carbocycles. The minimum atomic E-state index is -0.299. The number of pyridine rings is 1. The van der Waals surface area contributed by atoms with Gasteiger partial charge in [-0.1, -0.05) is 36.4 Å². The summed E-state index contributed by atoms with van der Waals surface area (Å²) in [4.78, 5) is 18.8. The zero-order chi connectivity index (χ0) is 20.9. The Balaban J connectivity index is 1.66. The van der Waals surface area contributed by atoms with Gasteiger partial charge in [-0.3, -0.25) is 9.78 Å². The number of hydrogen-bond donors (Lipinski definition) is 0. The van der Waals surface area contributed by atoms with Gasteiger partial charge in [0.05, 0.1) is 19.8 Å². The first-order valence-electron chi connectivity index (χ1n) is 9.83. The summed E-state index contributed by atoms with van der Waals surface area (Å²) in [7, 11) is 1.62. The van der Waals surface area contributed by atoms with Gasteiger partial charge in [0.2, 0.25) is 5.91 Å². The largest absolute Gasteiger partial charge is 0.493 e.